The Balaban J connectivity index is 2.26. The lowest BCUT2D eigenvalue weighted by Crippen LogP contribution is -2.25. The zero-order chi connectivity index (χ0) is 11.6. The van der Waals surface area contributed by atoms with Crippen molar-refractivity contribution in [3.8, 4) is 5.75 Å². The highest BCUT2D eigenvalue weighted by atomic mass is 32.2. The molecule has 1 heterocycles. The summed E-state index contributed by atoms with van der Waals surface area (Å²) in [5.74, 6) is 0.520. The second-order valence-electron chi connectivity index (χ2n) is 4.07. The Morgan fingerprint density at radius 2 is 2.19 bits per heavy atom. The van der Waals surface area contributed by atoms with Gasteiger partial charge in [0.25, 0.3) is 0 Å². The van der Waals surface area contributed by atoms with E-state index < -0.39 is 9.84 Å². The first kappa shape index (κ1) is 11.4. The van der Waals surface area contributed by atoms with Crippen LogP contribution in [0.2, 0.25) is 0 Å². The van der Waals surface area contributed by atoms with E-state index >= 15 is 0 Å². The third-order valence-electron chi connectivity index (χ3n) is 2.72. The minimum atomic E-state index is -2.97. The molecule has 0 spiro atoms. The molecular formula is C11H15NO3S. The highest BCUT2D eigenvalue weighted by molar-refractivity contribution is 7.91. The predicted octanol–water partition coefficient (Wildman–Crippen LogP) is 0.841. The van der Waals surface area contributed by atoms with Crippen LogP contribution in [-0.4, -0.2) is 31.6 Å². The molecule has 1 aromatic carbocycles. The Morgan fingerprint density at radius 3 is 2.94 bits per heavy atom. The first-order valence-electron chi connectivity index (χ1n) is 5.29. The van der Waals surface area contributed by atoms with E-state index in [9.17, 15) is 13.5 Å². The standard InChI is InChI=1S/C11H15NO3S/c13-10-4-1-3-9(7-10)11-8-16(14,15)6-2-5-12-11/h1,3-4,7,11-13H,2,5-6,8H2. The van der Waals surface area contributed by atoms with Crippen molar-refractivity contribution < 1.29 is 13.5 Å². The monoisotopic (exact) mass is 241 g/mol. The summed E-state index contributed by atoms with van der Waals surface area (Å²) in [5, 5.41) is 12.6. The molecule has 2 rings (SSSR count). The average Bonchev–Trinajstić information content (AvgIpc) is 2.39. The largest absolute Gasteiger partial charge is 0.508 e. The first-order chi connectivity index (χ1) is 7.57. The SMILES string of the molecule is O=S1(=O)CCCNC(c2cccc(O)c2)C1. The fourth-order valence-corrected chi connectivity index (χ4v) is 3.49. The summed E-state index contributed by atoms with van der Waals surface area (Å²) in [6.07, 6.45) is 0.650. The molecular weight excluding hydrogens is 226 g/mol. The van der Waals surface area contributed by atoms with Crippen LogP contribution in [0.1, 0.15) is 18.0 Å². The van der Waals surface area contributed by atoms with Gasteiger partial charge < -0.3 is 10.4 Å². The van der Waals surface area contributed by atoms with Crippen LogP contribution in [-0.2, 0) is 9.84 Å². The zero-order valence-electron chi connectivity index (χ0n) is 8.89. The second kappa shape index (κ2) is 4.43. The molecule has 1 saturated heterocycles. The molecule has 1 aromatic rings. The molecule has 0 radical (unpaired) electrons. The quantitative estimate of drug-likeness (QED) is 0.764. The van der Waals surface area contributed by atoms with Crippen molar-refractivity contribution >= 4 is 9.84 Å². The first-order valence-corrected chi connectivity index (χ1v) is 7.12. The summed E-state index contributed by atoms with van der Waals surface area (Å²) in [5.41, 5.74) is 0.825. The van der Waals surface area contributed by atoms with Gasteiger partial charge in [-0.2, -0.15) is 0 Å². The molecule has 1 aliphatic rings. The molecule has 0 aliphatic carbocycles. The molecule has 16 heavy (non-hydrogen) atoms. The van der Waals surface area contributed by atoms with Crippen molar-refractivity contribution in [2.45, 2.75) is 12.5 Å². The number of phenols is 1. The molecule has 2 N–H and O–H groups in total. The maximum Gasteiger partial charge on any atom is 0.152 e. The van der Waals surface area contributed by atoms with Gasteiger partial charge in [-0.1, -0.05) is 12.1 Å². The Morgan fingerprint density at radius 1 is 1.38 bits per heavy atom. The van der Waals surface area contributed by atoms with E-state index in [1.54, 1.807) is 18.2 Å². The second-order valence-corrected chi connectivity index (χ2v) is 6.30. The van der Waals surface area contributed by atoms with Gasteiger partial charge in [0.2, 0.25) is 0 Å². The van der Waals surface area contributed by atoms with Gasteiger partial charge in [-0.15, -0.1) is 0 Å². The third kappa shape index (κ3) is 2.74. The van der Waals surface area contributed by atoms with Gasteiger partial charge in [-0.05, 0) is 30.7 Å². The molecule has 88 valence electrons. The molecule has 0 bridgehead atoms. The number of hydrogen-bond acceptors (Lipinski definition) is 4. The van der Waals surface area contributed by atoms with Gasteiger partial charge in [-0.3, -0.25) is 0 Å². The van der Waals surface area contributed by atoms with Gasteiger partial charge in [0, 0.05) is 6.04 Å². The molecule has 0 saturated carbocycles. The van der Waals surface area contributed by atoms with Crippen molar-refractivity contribution in [2.75, 3.05) is 18.1 Å². The van der Waals surface area contributed by atoms with Crippen molar-refractivity contribution in [1.29, 1.82) is 0 Å². The van der Waals surface area contributed by atoms with Crippen LogP contribution in [0.4, 0.5) is 0 Å². The smallest absolute Gasteiger partial charge is 0.152 e. The maximum atomic E-state index is 11.6. The number of benzene rings is 1. The summed E-state index contributed by atoms with van der Waals surface area (Å²) in [6, 6.07) is 6.54. The van der Waals surface area contributed by atoms with Crippen LogP contribution < -0.4 is 5.32 Å². The number of nitrogens with one attached hydrogen (secondary N) is 1. The summed E-state index contributed by atoms with van der Waals surface area (Å²) in [4.78, 5) is 0. The predicted molar refractivity (Wildman–Crippen MR) is 62.1 cm³/mol. The highest BCUT2D eigenvalue weighted by Crippen LogP contribution is 2.21. The molecule has 1 fully saturated rings. The Labute approximate surface area is 95.2 Å². The van der Waals surface area contributed by atoms with Crippen molar-refractivity contribution in [2.24, 2.45) is 0 Å². The number of sulfone groups is 1. The molecule has 1 aliphatic heterocycles. The van der Waals surface area contributed by atoms with E-state index in [1.807, 2.05) is 6.07 Å². The van der Waals surface area contributed by atoms with Crippen LogP contribution in [0.25, 0.3) is 0 Å². The topological polar surface area (TPSA) is 66.4 Å². The van der Waals surface area contributed by atoms with Gasteiger partial charge in [-0.25, -0.2) is 8.42 Å². The average molecular weight is 241 g/mol. The fraction of sp³-hybridized carbons (Fsp3) is 0.455. The zero-order valence-corrected chi connectivity index (χ0v) is 9.70. The Bertz CT molecular complexity index is 470. The molecule has 0 aromatic heterocycles. The summed E-state index contributed by atoms with van der Waals surface area (Å²) < 4.78 is 23.3. The number of rotatable bonds is 1. The lowest BCUT2D eigenvalue weighted by molar-refractivity contribution is 0.472. The minimum Gasteiger partial charge on any atom is -0.508 e. The van der Waals surface area contributed by atoms with E-state index in [1.165, 1.54) is 0 Å². The normalized spacial score (nSPS) is 24.9. The van der Waals surface area contributed by atoms with Crippen LogP contribution in [0.15, 0.2) is 24.3 Å². The van der Waals surface area contributed by atoms with E-state index in [0.29, 0.717) is 13.0 Å². The molecule has 1 atom stereocenters. The van der Waals surface area contributed by atoms with Gasteiger partial charge >= 0.3 is 0 Å². The molecule has 4 nitrogen and oxygen atoms in total. The van der Waals surface area contributed by atoms with Crippen molar-refractivity contribution in [1.82, 2.24) is 5.32 Å². The Hall–Kier alpha value is -1.07. The van der Waals surface area contributed by atoms with Crippen LogP contribution in [0.5, 0.6) is 5.75 Å². The van der Waals surface area contributed by atoms with E-state index in [4.69, 9.17) is 0 Å². The lowest BCUT2D eigenvalue weighted by atomic mass is 10.1. The Kier molecular flexibility index (Phi) is 3.16. The van der Waals surface area contributed by atoms with Crippen LogP contribution in [0, 0.1) is 0 Å². The van der Waals surface area contributed by atoms with Crippen molar-refractivity contribution in [3.05, 3.63) is 29.8 Å². The van der Waals surface area contributed by atoms with Gasteiger partial charge in [0.05, 0.1) is 11.5 Å². The minimum absolute atomic E-state index is 0.108. The van der Waals surface area contributed by atoms with Crippen LogP contribution in [0.3, 0.4) is 0 Å². The third-order valence-corrected chi connectivity index (χ3v) is 4.47. The van der Waals surface area contributed by atoms with E-state index in [0.717, 1.165) is 5.56 Å². The number of aromatic hydroxyl groups is 1. The van der Waals surface area contributed by atoms with Crippen LogP contribution >= 0.6 is 0 Å². The molecule has 5 heteroatoms. The fourth-order valence-electron chi connectivity index (χ4n) is 1.92. The number of hydrogen-bond donors (Lipinski definition) is 2. The number of phenolic OH excluding ortho intramolecular Hbond substituents is 1. The summed E-state index contributed by atoms with van der Waals surface area (Å²) in [6.45, 7) is 0.694. The summed E-state index contributed by atoms with van der Waals surface area (Å²) >= 11 is 0. The molecule has 0 amide bonds. The highest BCUT2D eigenvalue weighted by Gasteiger charge is 2.23. The van der Waals surface area contributed by atoms with Crippen molar-refractivity contribution in [3.63, 3.8) is 0 Å². The van der Waals surface area contributed by atoms with E-state index in [2.05, 4.69) is 5.32 Å². The maximum absolute atomic E-state index is 11.6. The summed E-state index contributed by atoms with van der Waals surface area (Å²) in [7, 11) is -2.97. The van der Waals surface area contributed by atoms with E-state index in [-0.39, 0.29) is 23.3 Å². The van der Waals surface area contributed by atoms with Gasteiger partial charge in [0.1, 0.15) is 5.75 Å². The van der Waals surface area contributed by atoms with Gasteiger partial charge in [0.15, 0.2) is 9.84 Å². The molecule has 1 unspecified atom stereocenters. The lowest BCUT2D eigenvalue weighted by Gasteiger charge is -2.15.